The molecule has 1 amide bonds. The van der Waals surface area contributed by atoms with Crippen LogP contribution in [-0.4, -0.2) is 18.1 Å². The summed E-state index contributed by atoms with van der Waals surface area (Å²) in [4.78, 5) is 12.0. The first-order valence-electron chi connectivity index (χ1n) is 6.57. The Morgan fingerprint density at radius 1 is 1.36 bits per heavy atom. The number of carbonyl (C=O) groups excluding carboxylic acids is 1. The first-order valence-corrected chi connectivity index (χ1v) is 6.95. The molecule has 0 radical (unpaired) electrons. The van der Waals surface area contributed by atoms with Gasteiger partial charge in [0.2, 0.25) is 5.91 Å². The maximum absolute atomic E-state index is 13.1. The molecule has 0 bridgehead atoms. The van der Waals surface area contributed by atoms with Crippen molar-refractivity contribution >= 4 is 23.2 Å². The van der Waals surface area contributed by atoms with Gasteiger partial charge in [-0.15, -0.1) is 0 Å². The molecule has 0 saturated carbocycles. The number of nitrogens with one attached hydrogen (secondary N) is 1. The van der Waals surface area contributed by atoms with Crippen LogP contribution in [0.15, 0.2) is 42.5 Å². The molecular weight excluding hydrogens is 309 g/mol. The average molecular weight is 324 g/mol. The van der Waals surface area contributed by atoms with E-state index in [0.717, 1.165) is 0 Å². The average Bonchev–Trinajstić information content (AvgIpc) is 2.47. The van der Waals surface area contributed by atoms with Gasteiger partial charge in [-0.25, -0.2) is 4.39 Å². The van der Waals surface area contributed by atoms with Gasteiger partial charge < -0.3 is 15.2 Å². The monoisotopic (exact) mass is 323 g/mol. The number of amides is 1. The minimum atomic E-state index is -1.10. The van der Waals surface area contributed by atoms with Crippen molar-refractivity contribution in [1.82, 2.24) is 0 Å². The summed E-state index contributed by atoms with van der Waals surface area (Å²) >= 11 is 5.96. The molecule has 2 N–H and O–H groups in total. The highest BCUT2D eigenvalue weighted by Crippen LogP contribution is 2.32. The smallest absolute Gasteiger partial charge is 0.227 e. The van der Waals surface area contributed by atoms with Gasteiger partial charge in [-0.1, -0.05) is 29.8 Å². The summed E-state index contributed by atoms with van der Waals surface area (Å²) in [6, 6.07) is 10.4. The van der Waals surface area contributed by atoms with E-state index in [1.165, 1.54) is 25.3 Å². The Morgan fingerprint density at radius 2 is 2.09 bits per heavy atom. The summed E-state index contributed by atoms with van der Waals surface area (Å²) in [5, 5.41) is 13.0. The highest BCUT2D eigenvalue weighted by molar-refractivity contribution is 6.32. The van der Waals surface area contributed by atoms with Crippen LogP contribution < -0.4 is 10.1 Å². The van der Waals surface area contributed by atoms with Crippen LogP contribution in [0.5, 0.6) is 5.75 Å². The minimum Gasteiger partial charge on any atom is -0.493 e. The summed E-state index contributed by atoms with van der Waals surface area (Å²) in [7, 11) is 1.44. The molecule has 1 atom stereocenters. The SMILES string of the molecule is COc1c(Cl)cccc1NC(=O)CC(O)c1cccc(F)c1. The highest BCUT2D eigenvalue weighted by Gasteiger charge is 2.16. The van der Waals surface area contributed by atoms with E-state index in [1.54, 1.807) is 24.3 Å². The summed E-state index contributed by atoms with van der Waals surface area (Å²) in [6.07, 6.45) is -1.31. The van der Waals surface area contributed by atoms with E-state index < -0.39 is 17.8 Å². The number of ether oxygens (including phenoxy) is 1. The van der Waals surface area contributed by atoms with Gasteiger partial charge in [-0.05, 0) is 29.8 Å². The van der Waals surface area contributed by atoms with Crippen LogP contribution in [0.3, 0.4) is 0 Å². The summed E-state index contributed by atoms with van der Waals surface area (Å²) in [6.45, 7) is 0. The zero-order valence-corrected chi connectivity index (χ0v) is 12.6. The molecule has 0 saturated heterocycles. The predicted octanol–water partition coefficient (Wildman–Crippen LogP) is 3.55. The number of hydrogen-bond acceptors (Lipinski definition) is 3. The van der Waals surface area contributed by atoms with Crippen molar-refractivity contribution in [1.29, 1.82) is 0 Å². The number of halogens is 2. The van der Waals surface area contributed by atoms with Crippen molar-refractivity contribution in [3.63, 3.8) is 0 Å². The Morgan fingerprint density at radius 3 is 2.77 bits per heavy atom. The molecule has 0 fully saturated rings. The van der Waals surface area contributed by atoms with E-state index in [2.05, 4.69) is 5.32 Å². The maximum Gasteiger partial charge on any atom is 0.227 e. The van der Waals surface area contributed by atoms with Gasteiger partial charge in [-0.3, -0.25) is 4.79 Å². The lowest BCUT2D eigenvalue weighted by Gasteiger charge is -2.14. The number of methoxy groups -OCH3 is 1. The fourth-order valence-corrected chi connectivity index (χ4v) is 2.27. The molecule has 2 aromatic rings. The topological polar surface area (TPSA) is 58.6 Å². The van der Waals surface area contributed by atoms with Crippen LogP contribution >= 0.6 is 11.6 Å². The lowest BCUT2D eigenvalue weighted by atomic mass is 10.1. The normalized spacial score (nSPS) is 11.8. The molecule has 1 unspecified atom stereocenters. The van der Waals surface area contributed by atoms with E-state index >= 15 is 0 Å². The molecule has 6 heteroatoms. The number of benzene rings is 2. The Labute approximate surface area is 132 Å². The van der Waals surface area contributed by atoms with E-state index in [4.69, 9.17) is 16.3 Å². The number of hydrogen-bond donors (Lipinski definition) is 2. The van der Waals surface area contributed by atoms with Gasteiger partial charge in [0.05, 0.1) is 30.3 Å². The number of aliphatic hydroxyl groups is 1. The van der Waals surface area contributed by atoms with Gasteiger partial charge in [0.25, 0.3) is 0 Å². The Hall–Kier alpha value is -2.11. The van der Waals surface area contributed by atoms with Crippen molar-refractivity contribution in [2.75, 3.05) is 12.4 Å². The highest BCUT2D eigenvalue weighted by atomic mass is 35.5. The molecule has 2 aromatic carbocycles. The van der Waals surface area contributed by atoms with Crippen LogP contribution in [0.1, 0.15) is 18.1 Å². The molecule has 116 valence electrons. The van der Waals surface area contributed by atoms with Crippen molar-refractivity contribution in [2.24, 2.45) is 0 Å². The fraction of sp³-hybridized carbons (Fsp3) is 0.188. The second kappa shape index (κ2) is 7.24. The molecule has 0 aromatic heterocycles. The summed E-state index contributed by atoms with van der Waals surface area (Å²) in [5.41, 5.74) is 0.750. The lowest BCUT2D eigenvalue weighted by molar-refractivity contribution is -0.118. The zero-order chi connectivity index (χ0) is 16.1. The van der Waals surface area contributed by atoms with Crippen molar-refractivity contribution in [2.45, 2.75) is 12.5 Å². The molecule has 0 heterocycles. The van der Waals surface area contributed by atoms with Gasteiger partial charge in [0, 0.05) is 0 Å². The van der Waals surface area contributed by atoms with Crippen LogP contribution in [0.2, 0.25) is 5.02 Å². The number of anilines is 1. The molecule has 0 aliphatic heterocycles. The zero-order valence-electron chi connectivity index (χ0n) is 11.8. The molecule has 0 aliphatic carbocycles. The van der Waals surface area contributed by atoms with Crippen LogP contribution in [0.25, 0.3) is 0 Å². The van der Waals surface area contributed by atoms with Crippen LogP contribution in [0.4, 0.5) is 10.1 Å². The van der Waals surface area contributed by atoms with Crippen molar-refractivity contribution < 1.29 is 19.0 Å². The Balaban J connectivity index is 2.06. The van der Waals surface area contributed by atoms with E-state index in [1.807, 2.05) is 0 Å². The van der Waals surface area contributed by atoms with Crippen molar-refractivity contribution in [3.8, 4) is 5.75 Å². The molecular formula is C16H15ClFNO3. The molecule has 4 nitrogen and oxygen atoms in total. The van der Waals surface area contributed by atoms with Gasteiger partial charge in [0.1, 0.15) is 5.82 Å². The first-order chi connectivity index (χ1) is 10.5. The molecule has 22 heavy (non-hydrogen) atoms. The number of para-hydroxylation sites is 1. The molecule has 2 rings (SSSR count). The van der Waals surface area contributed by atoms with Crippen LogP contribution in [-0.2, 0) is 4.79 Å². The quantitative estimate of drug-likeness (QED) is 0.884. The molecule has 0 aliphatic rings. The van der Waals surface area contributed by atoms with E-state index in [-0.39, 0.29) is 6.42 Å². The Bertz CT molecular complexity index is 678. The fourth-order valence-electron chi connectivity index (χ4n) is 2.02. The minimum absolute atomic E-state index is 0.209. The third-order valence-corrected chi connectivity index (χ3v) is 3.36. The second-order valence-electron chi connectivity index (χ2n) is 4.64. The predicted molar refractivity (Wildman–Crippen MR) is 82.6 cm³/mol. The first kappa shape index (κ1) is 16.3. The van der Waals surface area contributed by atoms with Crippen LogP contribution in [0, 0.1) is 5.82 Å². The largest absolute Gasteiger partial charge is 0.493 e. The van der Waals surface area contributed by atoms with Gasteiger partial charge in [-0.2, -0.15) is 0 Å². The Kier molecular flexibility index (Phi) is 5.35. The van der Waals surface area contributed by atoms with E-state index in [0.29, 0.717) is 22.0 Å². The third kappa shape index (κ3) is 3.96. The number of carbonyl (C=O) groups is 1. The third-order valence-electron chi connectivity index (χ3n) is 3.06. The molecule has 0 spiro atoms. The van der Waals surface area contributed by atoms with Gasteiger partial charge >= 0.3 is 0 Å². The lowest BCUT2D eigenvalue weighted by Crippen LogP contribution is -2.16. The number of rotatable bonds is 5. The summed E-state index contributed by atoms with van der Waals surface area (Å²) in [5.74, 6) is -0.552. The summed E-state index contributed by atoms with van der Waals surface area (Å²) < 4.78 is 18.2. The van der Waals surface area contributed by atoms with Gasteiger partial charge in [0.15, 0.2) is 5.75 Å². The number of aliphatic hydroxyl groups excluding tert-OH is 1. The van der Waals surface area contributed by atoms with E-state index in [9.17, 15) is 14.3 Å². The van der Waals surface area contributed by atoms with Crippen molar-refractivity contribution in [3.05, 3.63) is 58.9 Å². The maximum atomic E-state index is 13.1. The second-order valence-corrected chi connectivity index (χ2v) is 5.05. The standard InChI is InChI=1S/C16H15ClFNO3/c1-22-16-12(17)6-3-7-13(16)19-15(21)9-14(20)10-4-2-5-11(18)8-10/h2-8,14,20H,9H2,1H3,(H,19,21).